The highest BCUT2D eigenvalue weighted by molar-refractivity contribution is 7.97. The topological polar surface area (TPSA) is 89.9 Å². The second kappa shape index (κ2) is 12.8. The van der Waals surface area contributed by atoms with E-state index in [0.717, 1.165) is 0 Å². The second-order valence-electron chi connectivity index (χ2n) is 5.90. The number of carbonyl (C=O) groups excluding carboxylic acids is 1. The Balaban J connectivity index is 0.000000247. The molecule has 6 nitrogen and oxygen atoms in total. The van der Waals surface area contributed by atoms with Gasteiger partial charge in [0.25, 0.3) is 0 Å². The van der Waals surface area contributed by atoms with Crippen molar-refractivity contribution in [2.45, 2.75) is 20.4 Å². The first kappa shape index (κ1) is 25.3. The van der Waals surface area contributed by atoms with Crippen molar-refractivity contribution in [3.63, 3.8) is 0 Å². The van der Waals surface area contributed by atoms with E-state index in [-0.39, 0.29) is 10.9 Å². The number of hydrogen-bond acceptors (Lipinski definition) is 6. The summed E-state index contributed by atoms with van der Waals surface area (Å²) in [6.45, 7) is -1.10. The van der Waals surface area contributed by atoms with Crippen LogP contribution in [0, 0.1) is 0 Å². The van der Waals surface area contributed by atoms with Crippen molar-refractivity contribution in [3.05, 3.63) is 91.0 Å². The molecule has 32 heavy (non-hydrogen) atoms. The number of rotatable bonds is 7. The average molecular weight is 484 g/mol. The molecule has 0 bridgehead atoms. The summed E-state index contributed by atoms with van der Waals surface area (Å²) in [6, 6.07) is 32.2. The normalized spacial score (nSPS) is 10.9. The van der Waals surface area contributed by atoms with Gasteiger partial charge < -0.3 is 14.0 Å². The van der Waals surface area contributed by atoms with Gasteiger partial charge in [-0.15, -0.1) is 0 Å². The molecular formula is C22H21F2O6S2+. The minimum Gasteiger partial charge on any atom is -0.431 e. The number of ether oxygens (including phenoxy) is 1. The SMILES string of the molecule is O=C(OCCO)OS(=O)(=O)C(F)F.c1ccc([S+](c2ccccc2)c2ccccc2)cc1. The van der Waals surface area contributed by atoms with Crippen molar-refractivity contribution in [1.82, 2.24) is 0 Å². The van der Waals surface area contributed by atoms with Gasteiger partial charge in [0.15, 0.2) is 14.7 Å². The summed E-state index contributed by atoms with van der Waals surface area (Å²) in [6.07, 6.45) is -1.80. The minimum atomic E-state index is -5.22. The second-order valence-corrected chi connectivity index (χ2v) is 9.44. The van der Waals surface area contributed by atoms with Gasteiger partial charge in [-0.3, -0.25) is 0 Å². The lowest BCUT2D eigenvalue weighted by atomic mass is 10.4. The molecule has 1 N–H and O–H groups in total. The Kier molecular flexibility index (Phi) is 10.1. The van der Waals surface area contributed by atoms with Crippen LogP contribution in [0.25, 0.3) is 0 Å². The third-order valence-corrected chi connectivity index (χ3v) is 6.69. The van der Waals surface area contributed by atoms with Gasteiger partial charge in [0.1, 0.15) is 6.61 Å². The van der Waals surface area contributed by atoms with E-state index in [1.54, 1.807) is 0 Å². The Morgan fingerprint density at radius 3 is 1.50 bits per heavy atom. The molecule has 0 atom stereocenters. The van der Waals surface area contributed by atoms with Crippen LogP contribution in [-0.2, 0) is 29.9 Å². The molecule has 0 aromatic heterocycles. The lowest BCUT2D eigenvalue weighted by Gasteiger charge is -2.07. The van der Waals surface area contributed by atoms with E-state index >= 15 is 0 Å². The summed E-state index contributed by atoms with van der Waals surface area (Å²) in [7, 11) is -5.23. The van der Waals surface area contributed by atoms with Gasteiger partial charge in [-0.2, -0.15) is 17.2 Å². The van der Waals surface area contributed by atoms with Gasteiger partial charge in [-0.1, -0.05) is 54.6 Å². The largest absolute Gasteiger partial charge is 0.524 e. The van der Waals surface area contributed by atoms with E-state index in [4.69, 9.17) is 5.11 Å². The zero-order chi connectivity index (χ0) is 23.4. The molecule has 10 heteroatoms. The zero-order valence-corrected chi connectivity index (χ0v) is 18.3. The maximum Gasteiger partial charge on any atom is 0.524 e. The van der Waals surface area contributed by atoms with E-state index in [1.165, 1.54) is 14.7 Å². The maximum atomic E-state index is 11.5. The smallest absolute Gasteiger partial charge is 0.431 e. The van der Waals surface area contributed by atoms with Gasteiger partial charge in [0.05, 0.1) is 17.5 Å². The Morgan fingerprint density at radius 2 is 1.19 bits per heavy atom. The zero-order valence-electron chi connectivity index (χ0n) is 16.7. The number of halogens is 2. The van der Waals surface area contributed by atoms with Crippen LogP contribution in [0.4, 0.5) is 13.6 Å². The lowest BCUT2D eigenvalue weighted by molar-refractivity contribution is 0.0785. The molecule has 0 saturated heterocycles. The number of benzene rings is 3. The number of hydrogen-bond donors (Lipinski definition) is 1. The van der Waals surface area contributed by atoms with Crippen LogP contribution < -0.4 is 0 Å². The molecule has 3 aromatic carbocycles. The highest BCUT2D eigenvalue weighted by atomic mass is 32.2. The standard InChI is InChI=1S/C18H15S.C4H6F2O6S/c1-4-10-16(11-5-1)19(17-12-6-2-7-13-17)18-14-8-3-9-15-18;5-3(6)13(9,10)12-4(8)11-2-1-7/h1-15H;3,7H,1-2H2/q+1;. The molecular weight excluding hydrogens is 462 g/mol. The van der Waals surface area contributed by atoms with E-state index in [2.05, 4.69) is 99.9 Å². The maximum absolute atomic E-state index is 11.5. The van der Waals surface area contributed by atoms with Crippen LogP contribution in [0.1, 0.15) is 0 Å². The summed E-state index contributed by atoms with van der Waals surface area (Å²) in [5.41, 5.74) is 0. The quantitative estimate of drug-likeness (QED) is 0.303. The minimum absolute atomic E-state index is 0.0146. The van der Waals surface area contributed by atoms with Crippen molar-refractivity contribution in [2.75, 3.05) is 13.2 Å². The van der Waals surface area contributed by atoms with Crippen molar-refractivity contribution >= 4 is 27.2 Å². The highest BCUT2D eigenvalue weighted by Gasteiger charge is 2.29. The van der Waals surface area contributed by atoms with E-state index < -0.39 is 35.2 Å². The number of carbonyl (C=O) groups is 1. The molecule has 0 radical (unpaired) electrons. The molecule has 0 aliphatic heterocycles. The predicted octanol–water partition coefficient (Wildman–Crippen LogP) is 4.47. The molecule has 0 amide bonds. The highest BCUT2D eigenvalue weighted by Crippen LogP contribution is 2.30. The summed E-state index contributed by atoms with van der Waals surface area (Å²) in [5, 5.41) is 8.09. The van der Waals surface area contributed by atoms with Crippen molar-refractivity contribution < 1.29 is 36.0 Å². The molecule has 170 valence electrons. The molecule has 0 spiro atoms. The van der Waals surface area contributed by atoms with Crippen LogP contribution in [0.3, 0.4) is 0 Å². The van der Waals surface area contributed by atoms with Crippen molar-refractivity contribution in [2.24, 2.45) is 0 Å². The van der Waals surface area contributed by atoms with Crippen LogP contribution >= 0.6 is 0 Å². The third-order valence-electron chi connectivity index (χ3n) is 3.65. The molecule has 0 aliphatic carbocycles. The van der Waals surface area contributed by atoms with Gasteiger partial charge in [0.2, 0.25) is 0 Å². The molecule has 0 aliphatic rings. The van der Waals surface area contributed by atoms with E-state index in [1.807, 2.05) is 0 Å². The fourth-order valence-electron chi connectivity index (χ4n) is 2.36. The summed E-state index contributed by atoms with van der Waals surface area (Å²) < 4.78 is 50.5. The van der Waals surface area contributed by atoms with Gasteiger partial charge >= 0.3 is 22.0 Å². The fraction of sp³-hybridized carbons (Fsp3) is 0.136. The van der Waals surface area contributed by atoms with Crippen LogP contribution in [0.15, 0.2) is 106 Å². The Bertz CT molecular complexity index is 956. The van der Waals surface area contributed by atoms with Gasteiger partial charge in [-0.05, 0) is 36.4 Å². The first-order valence-electron chi connectivity index (χ1n) is 9.23. The number of alkyl halides is 2. The molecule has 0 saturated carbocycles. The van der Waals surface area contributed by atoms with Crippen LogP contribution in [0.2, 0.25) is 0 Å². The average Bonchev–Trinajstić information content (AvgIpc) is 2.80. The number of aliphatic hydroxyl groups excluding tert-OH is 1. The Labute approximate surface area is 187 Å². The number of aliphatic hydroxyl groups is 1. The first-order valence-corrected chi connectivity index (χ1v) is 11.9. The molecule has 0 unspecified atom stereocenters. The van der Waals surface area contributed by atoms with Crippen molar-refractivity contribution in [1.29, 1.82) is 0 Å². The van der Waals surface area contributed by atoms with Crippen LogP contribution in [-0.4, -0.2) is 38.7 Å². The van der Waals surface area contributed by atoms with Crippen LogP contribution in [0.5, 0.6) is 0 Å². The monoisotopic (exact) mass is 483 g/mol. The lowest BCUT2D eigenvalue weighted by Crippen LogP contribution is -2.21. The first-order chi connectivity index (χ1) is 15.3. The Morgan fingerprint density at radius 1 is 0.812 bits per heavy atom. The van der Waals surface area contributed by atoms with E-state index in [0.29, 0.717) is 0 Å². The summed E-state index contributed by atoms with van der Waals surface area (Å²) >= 11 is 0. The molecule has 0 fully saturated rings. The summed E-state index contributed by atoms with van der Waals surface area (Å²) in [4.78, 5) is 14.3. The van der Waals surface area contributed by atoms with Gasteiger partial charge in [-0.25, -0.2) is 4.79 Å². The third kappa shape index (κ3) is 7.95. The predicted molar refractivity (Wildman–Crippen MR) is 116 cm³/mol. The van der Waals surface area contributed by atoms with Crippen molar-refractivity contribution in [3.8, 4) is 0 Å². The Hall–Kier alpha value is -2.95. The molecule has 3 aromatic rings. The molecule has 0 heterocycles. The van der Waals surface area contributed by atoms with E-state index in [9.17, 15) is 22.0 Å². The molecule has 3 rings (SSSR count). The van der Waals surface area contributed by atoms with Gasteiger partial charge in [0, 0.05) is 0 Å². The summed E-state index contributed by atoms with van der Waals surface area (Å²) in [5.74, 6) is -3.81. The fourth-order valence-corrected chi connectivity index (χ4v) is 4.78.